The molecule has 1 aliphatic rings. The lowest BCUT2D eigenvalue weighted by Gasteiger charge is -2.36. The highest BCUT2D eigenvalue weighted by Crippen LogP contribution is 2.18. The predicted octanol–water partition coefficient (Wildman–Crippen LogP) is 1.59. The first-order valence-electron chi connectivity index (χ1n) is 7.94. The molecule has 9 heteroatoms. The molecule has 2 rings (SSSR count). The van der Waals surface area contributed by atoms with E-state index in [1.54, 1.807) is 0 Å². The summed E-state index contributed by atoms with van der Waals surface area (Å²) in [5.74, 6) is -0.523. The number of carbonyl (C=O) groups excluding carboxylic acids is 2. The van der Waals surface area contributed by atoms with Crippen molar-refractivity contribution in [1.82, 2.24) is 10.2 Å². The van der Waals surface area contributed by atoms with E-state index >= 15 is 0 Å². The molecule has 7 nitrogen and oxygen atoms in total. The molecule has 0 saturated carbocycles. The van der Waals surface area contributed by atoms with Crippen LogP contribution in [0.5, 0.6) is 0 Å². The van der Waals surface area contributed by atoms with E-state index in [1.165, 1.54) is 6.92 Å². The van der Waals surface area contributed by atoms with Crippen molar-refractivity contribution < 1.29 is 27.8 Å². The molecule has 0 aliphatic carbocycles. The van der Waals surface area contributed by atoms with Gasteiger partial charge in [-0.3, -0.25) is 15.4 Å². The van der Waals surface area contributed by atoms with Gasteiger partial charge in [-0.25, -0.2) is 13.6 Å². The SMILES string of the molecule is CC(=O)C1(N)C=CN(C(OCCOCc2ccccc2)C(F)F)C(=O)N1. The molecule has 26 heavy (non-hydrogen) atoms. The van der Waals surface area contributed by atoms with Crippen molar-refractivity contribution in [3.8, 4) is 0 Å². The van der Waals surface area contributed by atoms with Gasteiger partial charge in [-0.2, -0.15) is 0 Å². The second-order valence-corrected chi connectivity index (χ2v) is 5.71. The van der Waals surface area contributed by atoms with Gasteiger partial charge in [-0.05, 0) is 18.6 Å². The van der Waals surface area contributed by atoms with E-state index in [-0.39, 0.29) is 13.2 Å². The smallest absolute Gasteiger partial charge is 0.325 e. The van der Waals surface area contributed by atoms with Crippen LogP contribution in [0.25, 0.3) is 0 Å². The normalized spacial score (nSPS) is 21.0. The molecule has 0 aromatic heterocycles. The number of rotatable bonds is 9. The van der Waals surface area contributed by atoms with Crippen LogP contribution < -0.4 is 11.1 Å². The van der Waals surface area contributed by atoms with E-state index in [0.29, 0.717) is 11.5 Å². The fourth-order valence-corrected chi connectivity index (χ4v) is 2.22. The van der Waals surface area contributed by atoms with Crippen LogP contribution in [0.2, 0.25) is 0 Å². The predicted molar refractivity (Wildman–Crippen MR) is 89.0 cm³/mol. The van der Waals surface area contributed by atoms with Gasteiger partial charge in [0.15, 0.2) is 17.7 Å². The summed E-state index contributed by atoms with van der Waals surface area (Å²) in [4.78, 5) is 24.1. The summed E-state index contributed by atoms with van der Waals surface area (Å²) >= 11 is 0. The number of amides is 2. The molecular weight excluding hydrogens is 348 g/mol. The standard InChI is InChI=1S/C17H21F2N3O4/c1-12(23)17(20)7-8-22(16(24)21-17)15(14(18)19)26-10-9-25-11-13-5-3-2-4-6-13/h2-8,14-15H,9-11,20H2,1H3,(H,21,24). The minimum Gasteiger partial charge on any atom is -0.374 e. The molecule has 0 fully saturated rings. The molecule has 1 heterocycles. The van der Waals surface area contributed by atoms with Crippen LogP contribution in [0.4, 0.5) is 13.6 Å². The Bertz CT molecular complexity index is 657. The third-order valence-corrected chi connectivity index (χ3v) is 3.75. The summed E-state index contributed by atoms with van der Waals surface area (Å²) in [7, 11) is 0. The lowest BCUT2D eigenvalue weighted by atomic mass is 10.1. The Balaban J connectivity index is 1.87. The number of nitrogens with one attached hydrogen (secondary N) is 1. The van der Waals surface area contributed by atoms with Gasteiger partial charge in [0.25, 0.3) is 6.43 Å². The first-order chi connectivity index (χ1) is 12.3. The van der Waals surface area contributed by atoms with E-state index in [4.69, 9.17) is 15.2 Å². The van der Waals surface area contributed by atoms with Gasteiger partial charge >= 0.3 is 6.03 Å². The maximum Gasteiger partial charge on any atom is 0.325 e. The molecule has 1 aromatic carbocycles. The molecular formula is C17H21F2N3O4. The Morgan fingerprint density at radius 1 is 1.31 bits per heavy atom. The second-order valence-electron chi connectivity index (χ2n) is 5.71. The van der Waals surface area contributed by atoms with Crippen LogP contribution in [0, 0.1) is 0 Å². The van der Waals surface area contributed by atoms with Crippen LogP contribution in [0.3, 0.4) is 0 Å². The van der Waals surface area contributed by atoms with Crippen molar-refractivity contribution in [2.24, 2.45) is 5.73 Å². The molecule has 3 N–H and O–H groups in total. The third-order valence-electron chi connectivity index (χ3n) is 3.75. The number of hydrogen-bond acceptors (Lipinski definition) is 5. The van der Waals surface area contributed by atoms with Crippen molar-refractivity contribution in [2.75, 3.05) is 13.2 Å². The number of nitrogens with zero attached hydrogens (tertiary/aromatic N) is 1. The zero-order valence-corrected chi connectivity index (χ0v) is 14.2. The topological polar surface area (TPSA) is 93.9 Å². The number of ether oxygens (including phenoxy) is 2. The Labute approximate surface area is 149 Å². The van der Waals surface area contributed by atoms with Crippen molar-refractivity contribution in [3.63, 3.8) is 0 Å². The summed E-state index contributed by atoms with van der Waals surface area (Å²) in [5, 5.41) is 2.18. The molecule has 142 valence electrons. The zero-order valence-electron chi connectivity index (χ0n) is 14.2. The summed E-state index contributed by atoms with van der Waals surface area (Å²) in [6.07, 6.45) is -2.60. The first kappa shape index (κ1) is 20.0. The number of urea groups is 1. The summed E-state index contributed by atoms with van der Waals surface area (Å²) in [6.45, 7) is 1.44. The van der Waals surface area contributed by atoms with Gasteiger partial charge in [-0.15, -0.1) is 0 Å². The molecule has 1 aliphatic heterocycles. The fraction of sp³-hybridized carbons (Fsp3) is 0.412. The van der Waals surface area contributed by atoms with Gasteiger partial charge in [0.2, 0.25) is 0 Å². The highest BCUT2D eigenvalue weighted by atomic mass is 19.3. The molecule has 2 unspecified atom stereocenters. The van der Waals surface area contributed by atoms with Crippen molar-refractivity contribution in [1.29, 1.82) is 0 Å². The average molecular weight is 369 g/mol. The minimum absolute atomic E-state index is 0.0750. The van der Waals surface area contributed by atoms with Crippen molar-refractivity contribution >= 4 is 11.8 Å². The quantitative estimate of drug-likeness (QED) is 0.645. The molecule has 0 spiro atoms. The molecule has 2 amide bonds. The summed E-state index contributed by atoms with van der Waals surface area (Å²) < 4.78 is 37.0. The van der Waals surface area contributed by atoms with E-state index in [2.05, 4.69) is 5.32 Å². The average Bonchev–Trinajstić information content (AvgIpc) is 2.59. The Morgan fingerprint density at radius 2 is 2.00 bits per heavy atom. The van der Waals surface area contributed by atoms with E-state index < -0.39 is 30.1 Å². The van der Waals surface area contributed by atoms with E-state index in [1.807, 2.05) is 30.3 Å². The number of hydrogen-bond donors (Lipinski definition) is 2. The Kier molecular flexibility index (Phi) is 6.78. The molecule has 0 bridgehead atoms. The van der Waals surface area contributed by atoms with Crippen LogP contribution >= 0.6 is 0 Å². The first-order valence-corrected chi connectivity index (χ1v) is 7.94. The summed E-state index contributed by atoms with van der Waals surface area (Å²) in [5.41, 5.74) is 4.92. The number of Topliss-reactive ketones (excluding diaryl/α,β-unsaturated/α-hetero) is 1. The number of nitrogens with two attached hydrogens (primary N) is 1. The van der Waals surface area contributed by atoms with E-state index in [9.17, 15) is 18.4 Å². The number of benzene rings is 1. The third kappa shape index (κ3) is 5.07. The van der Waals surface area contributed by atoms with E-state index in [0.717, 1.165) is 17.8 Å². The molecule has 0 radical (unpaired) electrons. The van der Waals surface area contributed by atoms with Crippen LogP contribution in [-0.4, -0.2) is 48.2 Å². The van der Waals surface area contributed by atoms with Gasteiger partial charge in [0.05, 0.1) is 19.8 Å². The van der Waals surface area contributed by atoms with Gasteiger partial charge < -0.3 is 14.8 Å². The maximum atomic E-state index is 13.3. The maximum absolute atomic E-state index is 13.3. The number of carbonyl (C=O) groups is 2. The van der Waals surface area contributed by atoms with Crippen LogP contribution in [-0.2, 0) is 20.9 Å². The number of alkyl halides is 2. The Hall–Kier alpha value is -2.36. The Morgan fingerprint density at radius 3 is 2.58 bits per heavy atom. The van der Waals surface area contributed by atoms with Crippen molar-refractivity contribution in [3.05, 3.63) is 48.2 Å². The summed E-state index contributed by atoms with van der Waals surface area (Å²) in [6, 6.07) is 8.41. The zero-order chi connectivity index (χ0) is 19.2. The van der Waals surface area contributed by atoms with Crippen molar-refractivity contribution in [2.45, 2.75) is 31.8 Å². The van der Waals surface area contributed by atoms with Gasteiger partial charge in [-0.1, -0.05) is 30.3 Å². The number of halogens is 2. The fourth-order valence-electron chi connectivity index (χ4n) is 2.22. The van der Waals surface area contributed by atoms with Crippen LogP contribution in [0.15, 0.2) is 42.6 Å². The van der Waals surface area contributed by atoms with Gasteiger partial charge in [0, 0.05) is 6.20 Å². The molecule has 2 atom stereocenters. The minimum atomic E-state index is -2.96. The highest BCUT2D eigenvalue weighted by Gasteiger charge is 2.39. The second kappa shape index (κ2) is 8.84. The highest BCUT2D eigenvalue weighted by molar-refractivity contribution is 5.93. The van der Waals surface area contributed by atoms with Crippen LogP contribution in [0.1, 0.15) is 12.5 Å². The number of ketones is 1. The monoisotopic (exact) mass is 369 g/mol. The lowest BCUT2D eigenvalue weighted by molar-refractivity contribution is -0.126. The largest absolute Gasteiger partial charge is 0.374 e. The lowest BCUT2D eigenvalue weighted by Crippen LogP contribution is -2.65. The van der Waals surface area contributed by atoms with Gasteiger partial charge in [0.1, 0.15) is 0 Å². The molecule has 0 saturated heterocycles. The molecule has 1 aromatic rings.